The molecular formula is C43H56N8O8. The van der Waals surface area contributed by atoms with Crippen LogP contribution in [0.3, 0.4) is 0 Å². The van der Waals surface area contributed by atoms with Crippen molar-refractivity contribution >= 4 is 52.3 Å². The third-order valence-corrected chi connectivity index (χ3v) is 11.9. The van der Waals surface area contributed by atoms with Gasteiger partial charge >= 0.3 is 0 Å². The number of phenols is 1. The number of carbonyl (C=O) groups excluding carboxylic acids is 7. The van der Waals surface area contributed by atoms with E-state index in [-0.39, 0.29) is 37.6 Å². The molecule has 7 atom stereocenters. The topological polar surface area (TPSA) is 222 Å². The first kappa shape index (κ1) is 42.7. The molecule has 0 spiro atoms. The van der Waals surface area contributed by atoms with Crippen LogP contribution < -0.4 is 26.6 Å². The van der Waals surface area contributed by atoms with E-state index in [9.17, 15) is 38.7 Å². The summed E-state index contributed by atoms with van der Waals surface area (Å²) in [6, 6.07) is 7.42. The Hall–Kier alpha value is -5.93. The summed E-state index contributed by atoms with van der Waals surface area (Å²) in [7, 11) is 0. The van der Waals surface area contributed by atoms with Gasteiger partial charge in [0.25, 0.3) is 0 Å². The lowest BCUT2D eigenvalue weighted by atomic mass is 9.96. The number of H-pyrrole nitrogens is 1. The molecule has 0 saturated carbocycles. The molecule has 4 heterocycles. The average molecular weight is 813 g/mol. The molecule has 2 aromatic carbocycles. The highest BCUT2D eigenvalue weighted by Gasteiger charge is 2.43. The van der Waals surface area contributed by atoms with E-state index in [1.54, 1.807) is 32.2 Å². The molecule has 6 rings (SSSR count). The van der Waals surface area contributed by atoms with Crippen molar-refractivity contribution in [1.82, 2.24) is 41.4 Å². The minimum absolute atomic E-state index is 0.000301. The van der Waals surface area contributed by atoms with Crippen LogP contribution in [0.1, 0.15) is 70.9 Å². The largest absolute Gasteiger partial charge is 0.508 e. The standard InChI is InChI=1S/C43H56N8O8/c1-5-25(4)37-41(57)47-32(21-27-22-44-30-11-7-6-10-29(27)30)42(58)50-18-8-12-33(50)39(55)45-23-35(53)46-31(20-26-14-16-28(52)17-15-26)38(54)48-36(24(2)3)43(59)51-19-9-13-34(51)40(56)49-37/h6-7,10-11,14-17,22,24-25,31-34,36-37,44,52H,5,8-9,12-13,18-21,23H2,1-4H3,(H,45,55)(H,46,53)(H,47,57)(H,48,54)(H,49,56). The van der Waals surface area contributed by atoms with Crippen molar-refractivity contribution in [3.05, 3.63) is 65.9 Å². The Bertz CT molecular complexity index is 2050. The molecule has 3 aromatic rings. The summed E-state index contributed by atoms with van der Waals surface area (Å²) in [5.74, 6) is -4.71. The number of aromatic hydroxyl groups is 1. The number of carbonyl (C=O) groups is 7. The predicted molar refractivity (Wildman–Crippen MR) is 218 cm³/mol. The van der Waals surface area contributed by atoms with Gasteiger partial charge in [-0.15, -0.1) is 0 Å². The van der Waals surface area contributed by atoms with Crippen LogP contribution in [0.4, 0.5) is 0 Å². The smallest absolute Gasteiger partial charge is 0.246 e. The molecule has 7 unspecified atom stereocenters. The third-order valence-electron chi connectivity index (χ3n) is 11.9. The maximum atomic E-state index is 14.6. The molecule has 7 amide bonds. The Kier molecular flexibility index (Phi) is 13.6. The highest BCUT2D eigenvalue weighted by atomic mass is 16.3. The molecule has 3 aliphatic rings. The molecule has 16 nitrogen and oxygen atoms in total. The normalized spacial score (nSPS) is 26.0. The molecular weight excluding hydrogens is 757 g/mol. The van der Waals surface area contributed by atoms with Gasteiger partial charge in [-0.2, -0.15) is 0 Å². The Morgan fingerprint density at radius 3 is 2.02 bits per heavy atom. The summed E-state index contributed by atoms with van der Waals surface area (Å²) in [5, 5.41) is 24.7. The second kappa shape index (κ2) is 18.8. The number of hydrogen-bond acceptors (Lipinski definition) is 8. The zero-order chi connectivity index (χ0) is 42.4. The number of nitrogens with zero attached hydrogens (tertiary/aromatic N) is 2. The summed E-state index contributed by atoms with van der Waals surface area (Å²) >= 11 is 0. The van der Waals surface area contributed by atoms with Gasteiger partial charge in [0.1, 0.15) is 42.0 Å². The van der Waals surface area contributed by atoms with E-state index >= 15 is 0 Å². The summed E-state index contributed by atoms with van der Waals surface area (Å²) in [6.45, 7) is 7.24. The van der Waals surface area contributed by atoms with Gasteiger partial charge in [-0.25, -0.2) is 0 Å². The molecule has 3 aliphatic heterocycles. The van der Waals surface area contributed by atoms with E-state index < -0.39 is 90.1 Å². The van der Waals surface area contributed by atoms with Crippen LogP contribution in [0.2, 0.25) is 0 Å². The second-order valence-corrected chi connectivity index (χ2v) is 16.3. The number of para-hydroxylation sites is 1. The zero-order valence-electron chi connectivity index (χ0n) is 34.1. The molecule has 3 fully saturated rings. The van der Waals surface area contributed by atoms with Gasteiger partial charge < -0.3 is 46.5 Å². The summed E-state index contributed by atoms with van der Waals surface area (Å²) in [5.41, 5.74) is 2.24. The van der Waals surface area contributed by atoms with Crippen LogP contribution in [0.5, 0.6) is 5.75 Å². The highest BCUT2D eigenvalue weighted by Crippen LogP contribution is 2.25. The van der Waals surface area contributed by atoms with E-state index in [2.05, 4.69) is 31.6 Å². The number of phenolic OH excluding ortho intramolecular Hbond substituents is 1. The van der Waals surface area contributed by atoms with E-state index in [0.29, 0.717) is 37.7 Å². The van der Waals surface area contributed by atoms with Crippen molar-refractivity contribution < 1.29 is 38.7 Å². The number of hydrogen-bond donors (Lipinski definition) is 7. The lowest BCUT2D eigenvalue weighted by Gasteiger charge is -2.33. The van der Waals surface area contributed by atoms with E-state index in [0.717, 1.165) is 16.5 Å². The summed E-state index contributed by atoms with van der Waals surface area (Å²) < 4.78 is 0. The van der Waals surface area contributed by atoms with Crippen LogP contribution in [-0.4, -0.2) is 117 Å². The number of aromatic nitrogens is 1. The molecule has 3 saturated heterocycles. The maximum absolute atomic E-state index is 14.6. The van der Waals surface area contributed by atoms with Crippen molar-refractivity contribution in [3.63, 3.8) is 0 Å². The SMILES string of the molecule is CCC(C)C1NC(=O)C2CCCN2C(=O)C(C(C)C)NC(=O)C(Cc2ccc(O)cc2)NC(=O)CNC(=O)C2CCCN2C(=O)C(Cc2c[nH]c3ccccc23)NC1=O. The van der Waals surface area contributed by atoms with E-state index in [4.69, 9.17) is 0 Å². The molecule has 1 aromatic heterocycles. The van der Waals surface area contributed by atoms with Gasteiger partial charge in [0, 0.05) is 43.0 Å². The molecule has 0 bridgehead atoms. The zero-order valence-corrected chi connectivity index (χ0v) is 34.1. The first-order valence-corrected chi connectivity index (χ1v) is 20.7. The summed E-state index contributed by atoms with van der Waals surface area (Å²) in [4.78, 5) is 105. The molecule has 0 radical (unpaired) electrons. The minimum atomic E-state index is -1.19. The van der Waals surface area contributed by atoms with Gasteiger partial charge in [0.2, 0.25) is 41.4 Å². The first-order chi connectivity index (χ1) is 28.2. The van der Waals surface area contributed by atoms with Crippen molar-refractivity contribution in [2.45, 2.75) is 109 Å². The Balaban J connectivity index is 1.35. The second-order valence-electron chi connectivity index (χ2n) is 16.3. The fraction of sp³-hybridized carbons (Fsp3) is 0.512. The number of amides is 7. The highest BCUT2D eigenvalue weighted by molar-refractivity contribution is 5.99. The minimum Gasteiger partial charge on any atom is -0.508 e. The van der Waals surface area contributed by atoms with Crippen molar-refractivity contribution in [1.29, 1.82) is 0 Å². The van der Waals surface area contributed by atoms with Crippen LogP contribution >= 0.6 is 0 Å². The number of nitrogens with one attached hydrogen (secondary N) is 6. The van der Waals surface area contributed by atoms with Crippen LogP contribution in [0, 0.1) is 11.8 Å². The van der Waals surface area contributed by atoms with Gasteiger partial charge in [-0.1, -0.05) is 64.4 Å². The molecule has 16 heteroatoms. The van der Waals surface area contributed by atoms with Crippen LogP contribution in [0.25, 0.3) is 10.9 Å². The van der Waals surface area contributed by atoms with Gasteiger partial charge in [0.05, 0.1) is 6.54 Å². The van der Waals surface area contributed by atoms with Crippen LogP contribution in [-0.2, 0) is 46.4 Å². The number of aromatic amines is 1. The Morgan fingerprint density at radius 2 is 1.34 bits per heavy atom. The quantitative estimate of drug-likeness (QED) is 0.185. The molecule has 0 aliphatic carbocycles. The fourth-order valence-corrected chi connectivity index (χ4v) is 8.29. The van der Waals surface area contributed by atoms with E-state index in [1.807, 2.05) is 38.1 Å². The number of fused-ring (bicyclic) bond motifs is 3. The fourth-order valence-electron chi connectivity index (χ4n) is 8.29. The summed E-state index contributed by atoms with van der Waals surface area (Å²) in [6.07, 6.45) is 4.09. The molecule has 7 N–H and O–H groups in total. The maximum Gasteiger partial charge on any atom is 0.246 e. The van der Waals surface area contributed by atoms with E-state index in [1.165, 1.54) is 21.9 Å². The lowest BCUT2D eigenvalue weighted by Crippen LogP contribution is -2.61. The monoisotopic (exact) mass is 812 g/mol. The Labute approximate surface area is 343 Å². The third kappa shape index (κ3) is 9.86. The van der Waals surface area contributed by atoms with Crippen LogP contribution in [0.15, 0.2) is 54.7 Å². The first-order valence-electron chi connectivity index (χ1n) is 20.7. The lowest BCUT2D eigenvalue weighted by molar-refractivity contribution is -0.144. The average Bonchev–Trinajstić information content (AvgIpc) is 4.01. The van der Waals surface area contributed by atoms with Gasteiger partial charge in [-0.3, -0.25) is 33.6 Å². The van der Waals surface area contributed by atoms with Crippen molar-refractivity contribution in [2.24, 2.45) is 11.8 Å². The molecule has 316 valence electrons. The predicted octanol–water partition coefficient (Wildman–Crippen LogP) is 1.41. The van der Waals surface area contributed by atoms with Crippen molar-refractivity contribution in [2.75, 3.05) is 19.6 Å². The number of benzene rings is 2. The Morgan fingerprint density at radius 1 is 0.695 bits per heavy atom. The van der Waals surface area contributed by atoms with Gasteiger partial charge in [0.15, 0.2) is 0 Å². The van der Waals surface area contributed by atoms with Gasteiger partial charge in [-0.05, 0) is 66.8 Å². The number of rotatable bonds is 7. The van der Waals surface area contributed by atoms with Crippen molar-refractivity contribution in [3.8, 4) is 5.75 Å². The molecule has 59 heavy (non-hydrogen) atoms.